The van der Waals surface area contributed by atoms with E-state index in [0.29, 0.717) is 0 Å². The zero-order chi connectivity index (χ0) is 2.00. The van der Waals surface area contributed by atoms with Gasteiger partial charge in [0.15, 0.2) is 0 Å². The molecule has 0 aliphatic carbocycles. The second kappa shape index (κ2) is 25.8. The Morgan fingerprint density at radius 2 is 0.800 bits per heavy atom. The summed E-state index contributed by atoms with van der Waals surface area (Å²) < 4.78 is 0. The minimum Gasteiger partial charge on any atom is -0.0759 e. The van der Waals surface area contributed by atoms with Crippen LogP contribution in [0.3, 0.4) is 0 Å². The average Bonchev–Trinajstić information content (AvgIpc) is 1.00. The van der Waals surface area contributed by atoms with Crippen molar-refractivity contribution in [3.05, 3.63) is 0 Å². The van der Waals surface area contributed by atoms with Crippen LogP contribution in [0.25, 0.3) is 0 Å². The molecule has 0 unspecified atom stereocenters. The van der Waals surface area contributed by atoms with E-state index in [1.165, 1.54) is 0 Å². The van der Waals surface area contributed by atoms with E-state index >= 15 is 0 Å². The van der Waals surface area contributed by atoms with Crippen molar-refractivity contribution >= 4 is 10.2 Å². The molecule has 0 nitrogen and oxygen atoms in total. The second-order valence-electron chi connectivity index (χ2n) is 0. The van der Waals surface area contributed by atoms with E-state index in [-0.39, 0.29) is 98.1 Å². The topological polar surface area (TPSA) is 0 Å². The summed E-state index contributed by atoms with van der Waals surface area (Å²) in [7, 11) is 2.97. The van der Waals surface area contributed by atoms with Crippen molar-refractivity contribution in [2.24, 2.45) is 0 Å². The molecule has 0 fully saturated rings. The van der Waals surface area contributed by atoms with Crippen LogP contribution in [0.5, 0.6) is 0 Å². The third-order valence-electron chi connectivity index (χ3n) is 0. The van der Waals surface area contributed by atoms with Gasteiger partial charge in [-0.1, -0.05) is 6.55 Å². The van der Waals surface area contributed by atoms with E-state index in [0.717, 1.165) is 0 Å². The molecule has 0 N–H and O–H groups in total. The molecule has 20 valence electrons. The van der Waals surface area contributed by atoms with E-state index in [2.05, 4.69) is 10.2 Å². The van der Waals surface area contributed by atoms with Crippen molar-refractivity contribution in [1.82, 2.24) is 0 Å². The largest absolute Gasteiger partial charge is 0.0759 e. The Bertz CT molecular complexity index is 6.85. The Kier molecular flexibility index (Phi) is 121. The van der Waals surface area contributed by atoms with Crippen LogP contribution >= 0.6 is 0 Å². The van der Waals surface area contributed by atoms with Crippen LogP contribution in [0.1, 0.15) is 0 Å². The van der Waals surface area contributed by atoms with Gasteiger partial charge in [0.05, 0.1) is 0 Å². The molecular weight excluding hydrogens is 307 g/mol. The number of hydrogen-bond donors (Lipinski definition) is 0. The van der Waals surface area contributed by atoms with Gasteiger partial charge >= 0.3 is 0 Å². The third kappa shape index (κ3) is 18.5. The van der Waals surface area contributed by atoms with Crippen molar-refractivity contribution in [3.8, 4) is 0 Å². The minimum absolute atomic E-state index is 0. The van der Waals surface area contributed by atoms with Gasteiger partial charge in [0.1, 0.15) is 0 Å². The first-order chi connectivity index (χ1) is 1.00. The van der Waals surface area contributed by atoms with E-state index < -0.39 is 0 Å². The predicted octanol–water partition coefficient (Wildman–Crippen LogP) is 0.195. The molecule has 0 aromatic heterocycles. The zero-order valence-electron chi connectivity index (χ0n) is 3.23. The second-order valence-corrected chi connectivity index (χ2v) is 0. The molecule has 0 saturated heterocycles. The Balaban J connectivity index is -0.00000000167. The summed E-state index contributed by atoms with van der Waals surface area (Å²) in [4.78, 5) is 0. The van der Waals surface area contributed by atoms with Crippen LogP contribution in [0.15, 0.2) is 0 Å². The summed E-state index contributed by atoms with van der Waals surface area (Å²) in [6.07, 6.45) is 0. The van der Waals surface area contributed by atoms with Crippen molar-refractivity contribution in [3.63, 3.8) is 0 Å². The van der Waals surface area contributed by atoms with Crippen molar-refractivity contribution in [1.29, 1.82) is 0 Å². The molecular formula is CH3SiY3. The van der Waals surface area contributed by atoms with Crippen LogP contribution in [-0.4, -0.2) is 10.2 Å². The molecule has 0 aliphatic heterocycles. The van der Waals surface area contributed by atoms with Gasteiger partial charge in [0.25, 0.3) is 0 Å². The fourth-order valence-electron chi connectivity index (χ4n) is 0. The van der Waals surface area contributed by atoms with Gasteiger partial charge in [0.2, 0.25) is 0 Å². The summed E-state index contributed by atoms with van der Waals surface area (Å²) >= 11 is 0. The van der Waals surface area contributed by atoms with Gasteiger partial charge in [-0.2, -0.15) is 0 Å². The Morgan fingerprint density at radius 1 is 0.800 bits per heavy atom. The van der Waals surface area contributed by atoms with E-state index in [1.54, 1.807) is 6.55 Å². The molecule has 0 aliphatic rings. The molecule has 0 rings (SSSR count). The van der Waals surface area contributed by atoms with Gasteiger partial charge in [-0.15, -0.1) is 0 Å². The standard InChI is InChI=1S/CH3Si.3Y/c1-2;;;/h1H3;;;. The first-order valence-corrected chi connectivity index (χ1v) is 1.50. The SMILES string of the molecule is C[Si].[Y].[Y].[Y]. The maximum atomic E-state index is 2.97. The van der Waals surface area contributed by atoms with Crippen LogP contribution in [0, 0.1) is 0 Å². The van der Waals surface area contributed by atoms with Gasteiger partial charge in [-0.3, -0.25) is 0 Å². The van der Waals surface area contributed by atoms with Crippen LogP contribution in [-0.2, 0) is 98.1 Å². The smallest absolute Gasteiger partial charge is 0.0184 e. The molecule has 0 bridgehead atoms. The summed E-state index contributed by atoms with van der Waals surface area (Å²) in [6, 6.07) is 0. The summed E-state index contributed by atoms with van der Waals surface area (Å²) in [5.74, 6) is 0. The molecule has 0 atom stereocenters. The van der Waals surface area contributed by atoms with E-state index in [4.69, 9.17) is 0 Å². The summed E-state index contributed by atoms with van der Waals surface area (Å²) in [5.41, 5.74) is 0. The predicted molar refractivity (Wildman–Crippen MR) is 11.6 cm³/mol. The molecule has 5 heavy (non-hydrogen) atoms. The van der Waals surface area contributed by atoms with Crippen molar-refractivity contribution < 1.29 is 98.1 Å². The minimum atomic E-state index is 0. The normalized spacial score (nSPS) is 1.20. The monoisotopic (exact) mass is 310 g/mol. The fourth-order valence-corrected chi connectivity index (χ4v) is 0. The number of rotatable bonds is 0. The van der Waals surface area contributed by atoms with E-state index in [1.807, 2.05) is 0 Å². The van der Waals surface area contributed by atoms with E-state index in [9.17, 15) is 0 Å². The van der Waals surface area contributed by atoms with Crippen molar-refractivity contribution in [2.45, 2.75) is 6.55 Å². The molecule has 0 aromatic carbocycles. The number of hydrogen-bond acceptors (Lipinski definition) is 0. The molecule has 0 spiro atoms. The molecule has 0 amide bonds. The van der Waals surface area contributed by atoms with Crippen LogP contribution in [0.4, 0.5) is 0 Å². The Hall–Kier alpha value is 3.53. The first kappa shape index (κ1) is 23.6. The zero-order valence-corrected chi connectivity index (χ0v) is 12.7. The molecule has 0 saturated carbocycles. The maximum absolute atomic E-state index is 2.97. The van der Waals surface area contributed by atoms with Gasteiger partial charge in [-0.25, -0.2) is 0 Å². The van der Waals surface area contributed by atoms with Gasteiger partial charge < -0.3 is 0 Å². The average molecular weight is 310 g/mol. The maximum Gasteiger partial charge on any atom is 0.0184 e. The molecule has 0 aromatic rings. The van der Waals surface area contributed by atoms with Crippen LogP contribution < -0.4 is 0 Å². The first-order valence-electron chi connectivity index (χ1n) is 0.500. The fraction of sp³-hybridized carbons (Fsp3) is 1.00. The molecule has 6 radical (unpaired) electrons. The summed E-state index contributed by atoms with van der Waals surface area (Å²) in [6.45, 7) is 1.81. The Labute approximate surface area is 112 Å². The van der Waals surface area contributed by atoms with Crippen LogP contribution in [0.2, 0.25) is 6.55 Å². The molecule has 0 heterocycles. The van der Waals surface area contributed by atoms with Crippen molar-refractivity contribution in [2.75, 3.05) is 0 Å². The Morgan fingerprint density at radius 3 is 0.800 bits per heavy atom. The van der Waals surface area contributed by atoms with Gasteiger partial charge in [-0.05, 0) is 0 Å². The molecule has 4 heteroatoms. The van der Waals surface area contributed by atoms with Gasteiger partial charge in [0, 0.05) is 108 Å². The third-order valence-corrected chi connectivity index (χ3v) is 0. The quantitative estimate of drug-likeness (QED) is 0.561. The summed E-state index contributed by atoms with van der Waals surface area (Å²) in [5, 5.41) is 0.